The van der Waals surface area contributed by atoms with E-state index in [1.54, 1.807) is 6.92 Å². The number of piperidine rings is 1. The molecule has 0 spiro atoms. The van der Waals surface area contributed by atoms with Crippen LogP contribution in [0.3, 0.4) is 0 Å². The van der Waals surface area contributed by atoms with E-state index in [9.17, 15) is 4.79 Å². The van der Waals surface area contributed by atoms with Crippen molar-refractivity contribution in [2.75, 3.05) is 19.6 Å². The van der Waals surface area contributed by atoms with E-state index in [0.717, 1.165) is 24.7 Å². The lowest BCUT2D eigenvalue weighted by Crippen LogP contribution is -2.35. The number of hydrogen-bond donors (Lipinski definition) is 0. The number of nitrogens with zero attached hydrogens (tertiary/aromatic N) is 1. The highest BCUT2D eigenvalue weighted by molar-refractivity contribution is 5.75. The molecule has 1 aliphatic heterocycles. The minimum atomic E-state index is 0.332. The zero-order valence-electron chi connectivity index (χ0n) is 11.2. The maximum atomic E-state index is 10.8. The Kier molecular flexibility index (Phi) is 6.04. The van der Waals surface area contributed by atoms with Gasteiger partial charge in [-0.3, -0.25) is 0 Å². The number of Topliss-reactive ketones (excluding diaryl/α,β-unsaturated/α-hetero) is 1. The summed E-state index contributed by atoms with van der Waals surface area (Å²) >= 11 is 0. The van der Waals surface area contributed by atoms with E-state index >= 15 is 0 Å². The predicted octanol–water partition coefficient (Wildman–Crippen LogP) is 3.11. The van der Waals surface area contributed by atoms with Crippen LogP contribution >= 0.6 is 0 Å². The van der Waals surface area contributed by atoms with E-state index in [-0.39, 0.29) is 0 Å². The van der Waals surface area contributed by atoms with Gasteiger partial charge in [-0.25, -0.2) is 0 Å². The minimum Gasteiger partial charge on any atom is -0.303 e. The fourth-order valence-corrected chi connectivity index (χ4v) is 2.55. The summed E-state index contributed by atoms with van der Waals surface area (Å²) in [6.07, 6.45) is 5.75. The maximum absolute atomic E-state index is 10.8. The van der Waals surface area contributed by atoms with Crippen molar-refractivity contribution in [3.63, 3.8) is 0 Å². The molecule has 1 heterocycles. The number of unbranched alkanes of at least 4 members (excludes halogenated alkanes) is 1. The van der Waals surface area contributed by atoms with Gasteiger partial charge in [-0.1, -0.05) is 13.8 Å². The molecule has 0 saturated carbocycles. The summed E-state index contributed by atoms with van der Waals surface area (Å²) in [6.45, 7) is 10.1. The second-order valence-electron chi connectivity index (χ2n) is 5.58. The molecule has 0 aromatic heterocycles. The van der Waals surface area contributed by atoms with Gasteiger partial charge in [0.25, 0.3) is 0 Å². The van der Waals surface area contributed by atoms with Crippen LogP contribution in [0.1, 0.15) is 52.9 Å². The van der Waals surface area contributed by atoms with Gasteiger partial charge in [0.15, 0.2) is 0 Å². The van der Waals surface area contributed by atoms with Crippen LogP contribution in [0.15, 0.2) is 0 Å². The number of hydrogen-bond acceptors (Lipinski definition) is 2. The molecule has 1 rings (SSSR count). The number of ketones is 1. The van der Waals surface area contributed by atoms with Gasteiger partial charge in [0.1, 0.15) is 5.78 Å². The first kappa shape index (κ1) is 13.7. The molecule has 0 aromatic rings. The summed E-state index contributed by atoms with van der Waals surface area (Å²) < 4.78 is 0. The third-order valence-electron chi connectivity index (χ3n) is 3.83. The molecule has 0 unspecified atom stereocenters. The Hall–Kier alpha value is -0.370. The monoisotopic (exact) mass is 225 g/mol. The summed E-state index contributed by atoms with van der Waals surface area (Å²) in [4.78, 5) is 13.4. The van der Waals surface area contributed by atoms with E-state index in [1.807, 2.05) is 0 Å². The summed E-state index contributed by atoms with van der Waals surface area (Å²) in [5.74, 6) is 2.12. The molecule has 1 aliphatic rings. The summed E-state index contributed by atoms with van der Waals surface area (Å²) in [6, 6.07) is 0. The van der Waals surface area contributed by atoms with Crippen LogP contribution in [-0.4, -0.2) is 30.3 Å². The predicted molar refractivity (Wildman–Crippen MR) is 68.5 cm³/mol. The topological polar surface area (TPSA) is 20.3 Å². The summed E-state index contributed by atoms with van der Waals surface area (Å²) in [7, 11) is 0. The average molecular weight is 225 g/mol. The van der Waals surface area contributed by atoms with Crippen molar-refractivity contribution in [1.82, 2.24) is 4.90 Å². The van der Waals surface area contributed by atoms with Crippen molar-refractivity contribution < 1.29 is 4.79 Å². The highest BCUT2D eigenvalue weighted by Gasteiger charge is 2.20. The van der Waals surface area contributed by atoms with Gasteiger partial charge < -0.3 is 9.69 Å². The molecule has 2 nitrogen and oxygen atoms in total. The van der Waals surface area contributed by atoms with E-state index in [2.05, 4.69) is 18.7 Å². The van der Waals surface area contributed by atoms with Gasteiger partial charge in [-0.05, 0) is 64.1 Å². The van der Waals surface area contributed by atoms with Gasteiger partial charge in [0.2, 0.25) is 0 Å². The molecule has 16 heavy (non-hydrogen) atoms. The number of carbonyl (C=O) groups is 1. The van der Waals surface area contributed by atoms with Crippen molar-refractivity contribution in [1.29, 1.82) is 0 Å². The fourth-order valence-electron chi connectivity index (χ4n) is 2.55. The molecule has 0 radical (unpaired) electrons. The molecule has 94 valence electrons. The van der Waals surface area contributed by atoms with Crippen LogP contribution in [0.4, 0.5) is 0 Å². The van der Waals surface area contributed by atoms with Gasteiger partial charge in [0, 0.05) is 6.42 Å². The van der Waals surface area contributed by atoms with Crippen LogP contribution in [-0.2, 0) is 4.79 Å². The first-order valence-corrected chi connectivity index (χ1v) is 6.81. The Balaban J connectivity index is 2.06. The molecule has 0 bridgehead atoms. The lowest BCUT2D eigenvalue weighted by Gasteiger charge is -2.33. The molecule has 1 saturated heterocycles. The second-order valence-corrected chi connectivity index (χ2v) is 5.58. The van der Waals surface area contributed by atoms with Gasteiger partial charge in [-0.15, -0.1) is 0 Å². The second kappa shape index (κ2) is 7.05. The third-order valence-corrected chi connectivity index (χ3v) is 3.83. The number of rotatable bonds is 6. The lowest BCUT2D eigenvalue weighted by molar-refractivity contribution is -0.117. The van der Waals surface area contributed by atoms with Crippen molar-refractivity contribution >= 4 is 5.78 Å². The molecule has 0 atom stereocenters. The molecule has 0 aromatic carbocycles. The highest BCUT2D eigenvalue weighted by Crippen LogP contribution is 2.24. The number of likely N-dealkylation sites (tertiary alicyclic amines) is 1. The van der Waals surface area contributed by atoms with Crippen LogP contribution in [0.2, 0.25) is 0 Å². The molecule has 2 heteroatoms. The van der Waals surface area contributed by atoms with E-state index < -0.39 is 0 Å². The van der Waals surface area contributed by atoms with Crippen molar-refractivity contribution in [3.05, 3.63) is 0 Å². The van der Waals surface area contributed by atoms with Crippen molar-refractivity contribution in [3.8, 4) is 0 Å². The van der Waals surface area contributed by atoms with Gasteiger partial charge >= 0.3 is 0 Å². The summed E-state index contributed by atoms with van der Waals surface area (Å²) in [5, 5.41) is 0. The Morgan fingerprint density at radius 2 is 1.88 bits per heavy atom. The fraction of sp³-hybridized carbons (Fsp3) is 0.929. The van der Waals surface area contributed by atoms with E-state index in [4.69, 9.17) is 0 Å². The maximum Gasteiger partial charge on any atom is 0.129 e. The van der Waals surface area contributed by atoms with Crippen LogP contribution < -0.4 is 0 Å². The zero-order valence-corrected chi connectivity index (χ0v) is 11.2. The molecule has 0 N–H and O–H groups in total. The van der Waals surface area contributed by atoms with E-state index in [0.29, 0.717) is 5.78 Å². The standard InChI is InChI=1S/C14H27NO/c1-12(2)14-7-10-15(11-8-14)9-5-4-6-13(3)16/h12,14H,4-11H2,1-3H3. The van der Waals surface area contributed by atoms with E-state index in [1.165, 1.54) is 38.9 Å². The zero-order chi connectivity index (χ0) is 12.0. The lowest BCUT2D eigenvalue weighted by atomic mass is 9.87. The van der Waals surface area contributed by atoms with Crippen molar-refractivity contribution in [2.24, 2.45) is 11.8 Å². The SMILES string of the molecule is CC(=O)CCCCN1CCC(C(C)C)CC1. The first-order valence-electron chi connectivity index (χ1n) is 6.81. The quantitative estimate of drug-likeness (QED) is 0.647. The Labute approximate surface area is 100 Å². The molecular weight excluding hydrogens is 198 g/mol. The first-order chi connectivity index (χ1) is 7.59. The van der Waals surface area contributed by atoms with Crippen LogP contribution in [0.5, 0.6) is 0 Å². The molecular formula is C14H27NO. The molecule has 1 fully saturated rings. The Morgan fingerprint density at radius 3 is 2.38 bits per heavy atom. The molecule has 0 amide bonds. The largest absolute Gasteiger partial charge is 0.303 e. The third kappa shape index (κ3) is 5.11. The van der Waals surface area contributed by atoms with Crippen molar-refractivity contribution in [2.45, 2.75) is 52.9 Å². The van der Waals surface area contributed by atoms with Gasteiger partial charge in [-0.2, -0.15) is 0 Å². The molecule has 0 aliphatic carbocycles. The highest BCUT2D eigenvalue weighted by atomic mass is 16.1. The Bertz CT molecular complexity index is 205. The number of carbonyl (C=O) groups excluding carboxylic acids is 1. The normalized spacial score (nSPS) is 19.2. The van der Waals surface area contributed by atoms with Crippen LogP contribution in [0, 0.1) is 11.8 Å². The minimum absolute atomic E-state index is 0.332. The van der Waals surface area contributed by atoms with Crippen LogP contribution in [0.25, 0.3) is 0 Å². The smallest absolute Gasteiger partial charge is 0.129 e. The van der Waals surface area contributed by atoms with Gasteiger partial charge in [0.05, 0.1) is 0 Å². The summed E-state index contributed by atoms with van der Waals surface area (Å²) in [5.41, 5.74) is 0. The Morgan fingerprint density at radius 1 is 1.25 bits per heavy atom. The average Bonchev–Trinajstić information content (AvgIpc) is 2.25.